The van der Waals surface area contributed by atoms with E-state index in [1.54, 1.807) is 38.4 Å². The molecule has 0 saturated heterocycles. The molecule has 1 amide bonds. The van der Waals surface area contributed by atoms with Crippen LogP contribution in [0.4, 0.5) is 5.69 Å². The lowest BCUT2D eigenvalue weighted by Crippen LogP contribution is -2.50. The zero-order valence-corrected chi connectivity index (χ0v) is 13.0. The van der Waals surface area contributed by atoms with E-state index < -0.39 is 5.41 Å². The van der Waals surface area contributed by atoms with E-state index in [0.717, 1.165) is 5.69 Å². The van der Waals surface area contributed by atoms with Gasteiger partial charge in [-0.05, 0) is 37.1 Å². The molecule has 0 bridgehead atoms. The van der Waals surface area contributed by atoms with Crippen LogP contribution < -0.4 is 15.4 Å². The van der Waals surface area contributed by atoms with Gasteiger partial charge in [-0.15, -0.1) is 0 Å². The van der Waals surface area contributed by atoms with E-state index in [1.807, 2.05) is 13.8 Å². The second kappa shape index (κ2) is 6.97. The van der Waals surface area contributed by atoms with Crippen molar-refractivity contribution in [2.75, 3.05) is 19.1 Å². The first kappa shape index (κ1) is 16.8. The fourth-order valence-electron chi connectivity index (χ4n) is 2.36. The van der Waals surface area contributed by atoms with Crippen LogP contribution in [0.3, 0.4) is 0 Å². The standard InChI is InChI=1S/C15H23N3O3/c1-5-15(6-2,13(16)17-20)14(19)18(3)11-7-9-12(21-4)10-8-11/h7-10,20H,5-6H2,1-4H3,(H2,16,17). The molecule has 116 valence electrons. The van der Waals surface area contributed by atoms with Crippen LogP contribution in [0.2, 0.25) is 0 Å². The molecule has 0 saturated carbocycles. The molecule has 0 aliphatic heterocycles. The third kappa shape index (κ3) is 3.09. The van der Waals surface area contributed by atoms with E-state index in [4.69, 9.17) is 15.7 Å². The molecule has 3 N–H and O–H groups in total. The number of hydrogen-bond acceptors (Lipinski definition) is 4. The topological polar surface area (TPSA) is 88.2 Å². The summed E-state index contributed by atoms with van der Waals surface area (Å²) in [6.45, 7) is 3.70. The van der Waals surface area contributed by atoms with E-state index in [-0.39, 0.29) is 11.7 Å². The summed E-state index contributed by atoms with van der Waals surface area (Å²) in [6.07, 6.45) is 0.914. The number of ether oxygens (including phenoxy) is 1. The van der Waals surface area contributed by atoms with Crippen molar-refractivity contribution in [3.8, 4) is 5.75 Å². The summed E-state index contributed by atoms with van der Waals surface area (Å²) in [4.78, 5) is 14.3. The van der Waals surface area contributed by atoms with Crippen LogP contribution in [0, 0.1) is 5.41 Å². The molecule has 0 atom stereocenters. The molecular formula is C15H23N3O3. The van der Waals surface area contributed by atoms with Crippen molar-refractivity contribution < 1.29 is 14.7 Å². The number of amidine groups is 1. The Morgan fingerprint density at radius 1 is 1.33 bits per heavy atom. The molecule has 21 heavy (non-hydrogen) atoms. The summed E-state index contributed by atoms with van der Waals surface area (Å²) in [5.74, 6) is 0.458. The maximum Gasteiger partial charge on any atom is 0.240 e. The van der Waals surface area contributed by atoms with E-state index >= 15 is 0 Å². The minimum Gasteiger partial charge on any atom is -0.497 e. The van der Waals surface area contributed by atoms with Crippen molar-refractivity contribution in [1.82, 2.24) is 0 Å². The zero-order chi connectivity index (χ0) is 16.0. The van der Waals surface area contributed by atoms with Crippen LogP contribution >= 0.6 is 0 Å². The quantitative estimate of drug-likeness (QED) is 0.364. The van der Waals surface area contributed by atoms with Gasteiger partial charge in [0, 0.05) is 12.7 Å². The second-order valence-corrected chi connectivity index (χ2v) is 4.84. The van der Waals surface area contributed by atoms with Gasteiger partial charge in [0.1, 0.15) is 11.2 Å². The van der Waals surface area contributed by atoms with E-state index in [1.165, 1.54) is 4.90 Å². The highest BCUT2D eigenvalue weighted by Gasteiger charge is 2.42. The van der Waals surface area contributed by atoms with Crippen molar-refractivity contribution in [1.29, 1.82) is 0 Å². The lowest BCUT2D eigenvalue weighted by Gasteiger charge is -2.33. The minimum atomic E-state index is -0.997. The van der Waals surface area contributed by atoms with Gasteiger partial charge in [0.2, 0.25) is 5.91 Å². The Bertz CT molecular complexity index is 507. The van der Waals surface area contributed by atoms with Crippen molar-refractivity contribution in [2.45, 2.75) is 26.7 Å². The number of benzene rings is 1. The van der Waals surface area contributed by atoms with Crippen molar-refractivity contribution >= 4 is 17.4 Å². The predicted octanol–water partition coefficient (Wildman–Crippen LogP) is 2.21. The molecule has 0 unspecified atom stereocenters. The molecular weight excluding hydrogens is 270 g/mol. The van der Waals surface area contributed by atoms with Gasteiger partial charge in [0.25, 0.3) is 0 Å². The summed E-state index contributed by atoms with van der Waals surface area (Å²) in [5.41, 5.74) is 5.49. The average molecular weight is 293 g/mol. The van der Waals surface area contributed by atoms with Gasteiger partial charge < -0.3 is 20.6 Å². The van der Waals surface area contributed by atoms with Crippen molar-refractivity contribution in [2.24, 2.45) is 16.3 Å². The Labute approximate surface area is 125 Å². The Morgan fingerprint density at radius 2 is 1.86 bits per heavy atom. The number of carbonyl (C=O) groups excluding carboxylic acids is 1. The van der Waals surface area contributed by atoms with Crippen LogP contribution in [-0.2, 0) is 4.79 Å². The number of nitrogens with zero attached hydrogens (tertiary/aromatic N) is 2. The number of carbonyl (C=O) groups is 1. The summed E-state index contributed by atoms with van der Waals surface area (Å²) >= 11 is 0. The van der Waals surface area contributed by atoms with Crippen LogP contribution in [-0.4, -0.2) is 31.1 Å². The minimum absolute atomic E-state index is 0.0575. The average Bonchev–Trinajstić information content (AvgIpc) is 2.55. The predicted molar refractivity (Wildman–Crippen MR) is 82.8 cm³/mol. The maximum absolute atomic E-state index is 12.8. The number of amides is 1. The first-order chi connectivity index (χ1) is 9.96. The molecule has 0 aliphatic carbocycles. The molecule has 0 radical (unpaired) electrons. The SMILES string of the molecule is CCC(CC)(C(=O)N(C)c1ccc(OC)cc1)C(N)=NO. The molecule has 0 aromatic heterocycles. The first-order valence-electron chi connectivity index (χ1n) is 6.87. The van der Waals surface area contributed by atoms with E-state index in [9.17, 15) is 4.79 Å². The van der Waals surface area contributed by atoms with Crippen LogP contribution in [0.15, 0.2) is 29.4 Å². The Hall–Kier alpha value is -2.24. The lowest BCUT2D eigenvalue weighted by atomic mass is 9.79. The summed E-state index contributed by atoms with van der Waals surface area (Å²) < 4.78 is 5.10. The van der Waals surface area contributed by atoms with Gasteiger partial charge in [0.05, 0.1) is 7.11 Å². The fourth-order valence-corrected chi connectivity index (χ4v) is 2.36. The Morgan fingerprint density at radius 3 is 2.24 bits per heavy atom. The monoisotopic (exact) mass is 293 g/mol. The molecule has 0 fully saturated rings. The maximum atomic E-state index is 12.8. The highest BCUT2D eigenvalue weighted by atomic mass is 16.5. The molecule has 6 heteroatoms. The molecule has 1 aromatic carbocycles. The van der Waals surface area contributed by atoms with Gasteiger partial charge in [-0.1, -0.05) is 19.0 Å². The Kier molecular flexibility index (Phi) is 5.58. The van der Waals surface area contributed by atoms with Gasteiger partial charge >= 0.3 is 0 Å². The van der Waals surface area contributed by atoms with Gasteiger partial charge in [-0.2, -0.15) is 0 Å². The molecule has 1 aromatic rings. The van der Waals surface area contributed by atoms with Crippen LogP contribution in [0.25, 0.3) is 0 Å². The van der Waals surface area contributed by atoms with Crippen LogP contribution in [0.1, 0.15) is 26.7 Å². The molecule has 0 aliphatic rings. The van der Waals surface area contributed by atoms with Gasteiger partial charge in [-0.3, -0.25) is 4.79 Å². The number of hydrogen-bond donors (Lipinski definition) is 2. The molecule has 0 spiro atoms. The van der Waals surface area contributed by atoms with E-state index in [2.05, 4.69) is 5.16 Å². The first-order valence-corrected chi connectivity index (χ1v) is 6.87. The third-order valence-corrected chi connectivity index (χ3v) is 3.98. The van der Waals surface area contributed by atoms with Gasteiger partial charge in [0.15, 0.2) is 5.84 Å². The van der Waals surface area contributed by atoms with Crippen molar-refractivity contribution in [3.05, 3.63) is 24.3 Å². The fraction of sp³-hybridized carbons (Fsp3) is 0.467. The van der Waals surface area contributed by atoms with Gasteiger partial charge in [-0.25, -0.2) is 0 Å². The molecule has 6 nitrogen and oxygen atoms in total. The third-order valence-electron chi connectivity index (χ3n) is 3.98. The number of rotatable bonds is 6. The molecule has 0 heterocycles. The largest absolute Gasteiger partial charge is 0.497 e. The Balaban J connectivity index is 3.13. The van der Waals surface area contributed by atoms with Crippen LogP contribution in [0.5, 0.6) is 5.75 Å². The normalized spacial score (nSPS) is 12.1. The van der Waals surface area contributed by atoms with E-state index in [0.29, 0.717) is 18.6 Å². The number of methoxy groups -OCH3 is 1. The lowest BCUT2D eigenvalue weighted by molar-refractivity contribution is -0.125. The molecule has 1 rings (SSSR count). The summed E-state index contributed by atoms with van der Waals surface area (Å²) in [5, 5.41) is 12.0. The zero-order valence-electron chi connectivity index (χ0n) is 13.0. The summed E-state index contributed by atoms with van der Waals surface area (Å²) in [7, 11) is 3.26. The highest BCUT2D eigenvalue weighted by molar-refractivity contribution is 6.12. The van der Waals surface area contributed by atoms with Crippen molar-refractivity contribution in [3.63, 3.8) is 0 Å². The second-order valence-electron chi connectivity index (χ2n) is 4.84. The number of oxime groups is 1. The number of nitrogens with two attached hydrogens (primary N) is 1. The highest BCUT2D eigenvalue weighted by Crippen LogP contribution is 2.31. The summed E-state index contributed by atoms with van der Waals surface area (Å²) in [6, 6.07) is 7.14. The number of anilines is 1. The smallest absolute Gasteiger partial charge is 0.240 e.